The van der Waals surface area contributed by atoms with Crippen LogP contribution in [-0.4, -0.2) is 25.5 Å². The highest BCUT2D eigenvalue weighted by atomic mass is 35.5. The number of methoxy groups -OCH3 is 1. The number of aryl methyl sites for hydroxylation is 1. The molecular formula is C27H24ClF3N4O3S. The van der Waals surface area contributed by atoms with Gasteiger partial charge in [-0.3, -0.25) is 0 Å². The lowest BCUT2D eigenvalue weighted by molar-refractivity contribution is 0.414. The fraction of sp³-hybridized carbons (Fsp3) is 0.185. The number of hydrogen-bond acceptors (Lipinski definition) is 6. The summed E-state index contributed by atoms with van der Waals surface area (Å²) >= 11 is 5.95. The van der Waals surface area contributed by atoms with Crippen molar-refractivity contribution in [1.82, 2.24) is 9.97 Å². The minimum absolute atomic E-state index is 0.0775. The molecule has 0 fully saturated rings. The molecule has 4 rings (SSSR count). The summed E-state index contributed by atoms with van der Waals surface area (Å²) in [5, 5.41) is 3.07. The van der Waals surface area contributed by atoms with Gasteiger partial charge in [0.1, 0.15) is 35.3 Å². The topological polar surface area (TPSA) is 84.4 Å². The van der Waals surface area contributed by atoms with Gasteiger partial charge in [0.15, 0.2) is 4.90 Å². The fourth-order valence-electron chi connectivity index (χ4n) is 4.02. The molecule has 0 radical (unpaired) electrons. The molecule has 1 aromatic heterocycles. The second-order valence-corrected chi connectivity index (χ2v) is 10.9. The summed E-state index contributed by atoms with van der Waals surface area (Å²) in [6, 6.07) is 11.2. The standard InChI is InChI=1S/C27H24ClF3N4O3S/c1-16-10-21(38-3)6-4-18(16)14-35(26-8-9-32-15-33-26)39(36,37)27-24(30)12-20(13-25(27)31)34-17(2)22-11-19(28)5-7-23(22)29/h4-13,15,17,34H,14H2,1-3H3/t17-/m0/s1. The third-order valence-electron chi connectivity index (χ3n) is 6.04. The molecule has 0 spiro atoms. The molecule has 7 nitrogen and oxygen atoms in total. The third-order valence-corrected chi connectivity index (χ3v) is 8.08. The Bertz CT molecular complexity index is 1580. The van der Waals surface area contributed by atoms with Crippen molar-refractivity contribution in [3.8, 4) is 5.75 Å². The van der Waals surface area contributed by atoms with Crippen LogP contribution in [0.15, 0.2) is 72.0 Å². The predicted octanol–water partition coefficient (Wildman–Crippen LogP) is 6.43. The number of hydrogen-bond donors (Lipinski definition) is 1. The Balaban J connectivity index is 1.72. The highest BCUT2D eigenvalue weighted by Gasteiger charge is 2.33. The number of sulfonamides is 1. The van der Waals surface area contributed by atoms with Crippen LogP contribution in [0.25, 0.3) is 0 Å². The molecule has 3 aromatic carbocycles. The molecule has 4 aromatic rings. The summed E-state index contributed by atoms with van der Waals surface area (Å²) in [5.74, 6) is -2.73. The zero-order valence-electron chi connectivity index (χ0n) is 21.1. The van der Waals surface area contributed by atoms with Crippen molar-refractivity contribution in [3.63, 3.8) is 0 Å². The van der Waals surface area contributed by atoms with Crippen LogP contribution in [0.1, 0.15) is 29.7 Å². The predicted molar refractivity (Wildman–Crippen MR) is 143 cm³/mol. The van der Waals surface area contributed by atoms with Crippen LogP contribution in [0.5, 0.6) is 5.75 Å². The van der Waals surface area contributed by atoms with Gasteiger partial charge in [0, 0.05) is 28.5 Å². The first-order valence-corrected chi connectivity index (χ1v) is 13.5. The van der Waals surface area contributed by atoms with E-state index in [1.807, 2.05) is 0 Å². The number of ether oxygens (including phenoxy) is 1. The van der Waals surface area contributed by atoms with Crippen LogP contribution in [0.3, 0.4) is 0 Å². The van der Waals surface area contributed by atoms with Gasteiger partial charge in [-0.2, -0.15) is 0 Å². The number of anilines is 2. The van der Waals surface area contributed by atoms with E-state index in [9.17, 15) is 12.8 Å². The molecule has 0 saturated heterocycles. The molecule has 0 saturated carbocycles. The minimum Gasteiger partial charge on any atom is -0.497 e. The Morgan fingerprint density at radius 2 is 1.74 bits per heavy atom. The second kappa shape index (κ2) is 11.5. The lowest BCUT2D eigenvalue weighted by Crippen LogP contribution is -2.33. The summed E-state index contributed by atoms with van der Waals surface area (Å²) in [5.41, 5.74) is 1.35. The van der Waals surface area contributed by atoms with E-state index in [4.69, 9.17) is 16.3 Å². The molecule has 0 amide bonds. The molecular weight excluding hydrogens is 553 g/mol. The van der Waals surface area contributed by atoms with Crippen LogP contribution < -0.4 is 14.4 Å². The summed E-state index contributed by atoms with van der Waals surface area (Å²) in [4.78, 5) is 6.65. The first-order valence-electron chi connectivity index (χ1n) is 11.6. The van der Waals surface area contributed by atoms with E-state index in [1.165, 1.54) is 37.6 Å². The number of benzene rings is 3. The lowest BCUT2D eigenvalue weighted by Gasteiger charge is -2.25. The van der Waals surface area contributed by atoms with E-state index in [-0.39, 0.29) is 28.6 Å². The van der Waals surface area contributed by atoms with Crippen molar-refractivity contribution >= 4 is 33.1 Å². The summed E-state index contributed by atoms with van der Waals surface area (Å²) in [6.07, 6.45) is 2.46. The summed E-state index contributed by atoms with van der Waals surface area (Å²) in [6.45, 7) is 3.07. The van der Waals surface area contributed by atoms with Crippen molar-refractivity contribution < 1.29 is 26.3 Å². The molecule has 0 aliphatic rings. The van der Waals surface area contributed by atoms with E-state index in [0.717, 1.165) is 22.8 Å². The molecule has 1 atom stereocenters. The molecule has 1 heterocycles. The second-order valence-electron chi connectivity index (χ2n) is 8.67. The Morgan fingerprint density at radius 1 is 1.03 bits per heavy atom. The maximum Gasteiger partial charge on any atom is 0.271 e. The monoisotopic (exact) mass is 576 g/mol. The Kier molecular flexibility index (Phi) is 8.31. The third kappa shape index (κ3) is 6.10. The highest BCUT2D eigenvalue weighted by Crippen LogP contribution is 2.32. The van der Waals surface area contributed by atoms with E-state index in [0.29, 0.717) is 16.9 Å². The quantitative estimate of drug-likeness (QED) is 0.247. The van der Waals surface area contributed by atoms with Crippen LogP contribution >= 0.6 is 11.6 Å². The van der Waals surface area contributed by atoms with Gasteiger partial charge in [-0.05, 0) is 67.4 Å². The van der Waals surface area contributed by atoms with Crippen LogP contribution in [0.2, 0.25) is 5.02 Å². The molecule has 0 aliphatic heterocycles. The molecule has 1 N–H and O–H groups in total. The molecule has 0 unspecified atom stereocenters. The average molecular weight is 577 g/mol. The summed E-state index contributed by atoms with van der Waals surface area (Å²) < 4.78 is 78.4. The van der Waals surface area contributed by atoms with Crippen molar-refractivity contribution in [3.05, 3.63) is 106 Å². The maximum absolute atomic E-state index is 15.4. The average Bonchev–Trinajstić information content (AvgIpc) is 2.89. The SMILES string of the molecule is COc1ccc(CN(c2ccncn2)S(=O)(=O)c2c(F)cc(N[C@@H](C)c3cc(Cl)ccc3F)cc2F)c(C)c1. The van der Waals surface area contributed by atoms with Gasteiger partial charge >= 0.3 is 0 Å². The van der Waals surface area contributed by atoms with Crippen LogP contribution in [0.4, 0.5) is 24.7 Å². The molecule has 0 aliphatic carbocycles. The van der Waals surface area contributed by atoms with Crippen molar-refractivity contribution in [2.75, 3.05) is 16.7 Å². The Hall–Kier alpha value is -3.83. The lowest BCUT2D eigenvalue weighted by atomic mass is 10.1. The van der Waals surface area contributed by atoms with Crippen LogP contribution in [0, 0.1) is 24.4 Å². The minimum atomic E-state index is -4.80. The van der Waals surface area contributed by atoms with E-state index in [1.54, 1.807) is 32.0 Å². The zero-order chi connectivity index (χ0) is 28.3. The van der Waals surface area contributed by atoms with Gasteiger partial charge in [-0.25, -0.2) is 35.9 Å². The van der Waals surface area contributed by atoms with Gasteiger partial charge in [0.05, 0.1) is 19.7 Å². The Morgan fingerprint density at radius 3 is 2.36 bits per heavy atom. The summed E-state index contributed by atoms with van der Waals surface area (Å²) in [7, 11) is -3.30. The van der Waals surface area contributed by atoms with E-state index in [2.05, 4.69) is 15.3 Å². The molecule has 0 bridgehead atoms. The largest absolute Gasteiger partial charge is 0.497 e. The maximum atomic E-state index is 15.4. The van der Waals surface area contributed by atoms with Crippen molar-refractivity contribution in [2.24, 2.45) is 0 Å². The van der Waals surface area contributed by atoms with Gasteiger partial charge in [0.2, 0.25) is 0 Å². The normalized spacial score (nSPS) is 12.2. The number of aromatic nitrogens is 2. The van der Waals surface area contributed by atoms with Crippen molar-refractivity contribution in [2.45, 2.75) is 31.3 Å². The molecule has 204 valence electrons. The van der Waals surface area contributed by atoms with Crippen LogP contribution in [-0.2, 0) is 16.6 Å². The molecule has 39 heavy (non-hydrogen) atoms. The van der Waals surface area contributed by atoms with Gasteiger partial charge < -0.3 is 10.1 Å². The zero-order valence-corrected chi connectivity index (χ0v) is 22.7. The number of rotatable bonds is 9. The smallest absolute Gasteiger partial charge is 0.271 e. The fourth-order valence-corrected chi connectivity index (χ4v) is 5.70. The first-order chi connectivity index (χ1) is 18.5. The first kappa shape index (κ1) is 28.2. The molecule has 12 heteroatoms. The van der Waals surface area contributed by atoms with Gasteiger partial charge in [0.25, 0.3) is 10.0 Å². The van der Waals surface area contributed by atoms with E-state index < -0.39 is 38.4 Å². The van der Waals surface area contributed by atoms with E-state index >= 15 is 8.78 Å². The number of nitrogens with one attached hydrogen (secondary N) is 1. The van der Waals surface area contributed by atoms with Crippen molar-refractivity contribution in [1.29, 1.82) is 0 Å². The number of halogens is 4. The Labute approximate surface area is 229 Å². The van der Waals surface area contributed by atoms with Gasteiger partial charge in [-0.15, -0.1) is 0 Å². The van der Waals surface area contributed by atoms with Gasteiger partial charge in [-0.1, -0.05) is 17.7 Å². The highest BCUT2D eigenvalue weighted by molar-refractivity contribution is 7.92. The number of nitrogens with zero attached hydrogens (tertiary/aromatic N) is 3.